The minimum absolute atomic E-state index is 0.105. The van der Waals surface area contributed by atoms with Gasteiger partial charge in [-0.1, -0.05) is 6.92 Å². The summed E-state index contributed by atoms with van der Waals surface area (Å²) in [5.41, 5.74) is 0.630. The summed E-state index contributed by atoms with van der Waals surface area (Å²) in [7, 11) is 2.08. The van der Waals surface area contributed by atoms with E-state index in [0.717, 1.165) is 38.3 Å². The molecule has 2 amide bonds. The Kier molecular flexibility index (Phi) is 5.16. The number of hydrogen-bond acceptors (Lipinski definition) is 5. The number of piperazine rings is 1. The van der Waals surface area contributed by atoms with Gasteiger partial charge in [0.1, 0.15) is 5.75 Å². The Bertz CT molecular complexity index is 594. The van der Waals surface area contributed by atoms with Crippen molar-refractivity contribution in [2.75, 3.05) is 44.7 Å². The predicted octanol–water partition coefficient (Wildman–Crippen LogP) is 1.35. The zero-order valence-corrected chi connectivity index (χ0v) is 14.4. The van der Waals surface area contributed by atoms with Gasteiger partial charge in [0.25, 0.3) is 5.91 Å². The highest BCUT2D eigenvalue weighted by molar-refractivity contribution is 6.22. The van der Waals surface area contributed by atoms with Crippen LogP contribution in [-0.2, 0) is 9.59 Å². The number of ether oxygens (including phenoxy) is 1. The van der Waals surface area contributed by atoms with Crippen LogP contribution in [0.25, 0.3) is 0 Å². The summed E-state index contributed by atoms with van der Waals surface area (Å²) in [4.78, 5) is 30.9. The first-order valence-electron chi connectivity index (χ1n) is 8.62. The number of benzene rings is 1. The van der Waals surface area contributed by atoms with Crippen LogP contribution in [0.15, 0.2) is 24.3 Å². The van der Waals surface area contributed by atoms with Crippen LogP contribution in [0, 0.1) is 0 Å². The summed E-state index contributed by atoms with van der Waals surface area (Å²) in [6.07, 6.45) is 1.22. The van der Waals surface area contributed by atoms with Crippen molar-refractivity contribution in [3.8, 4) is 5.75 Å². The molecule has 1 atom stereocenters. The zero-order valence-electron chi connectivity index (χ0n) is 14.4. The van der Waals surface area contributed by atoms with Gasteiger partial charge < -0.3 is 9.64 Å². The van der Waals surface area contributed by atoms with Gasteiger partial charge in [0, 0.05) is 26.2 Å². The average molecular weight is 331 g/mol. The molecule has 2 saturated heterocycles. The molecular weight excluding hydrogens is 306 g/mol. The van der Waals surface area contributed by atoms with Gasteiger partial charge >= 0.3 is 0 Å². The van der Waals surface area contributed by atoms with Gasteiger partial charge in [-0.2, -0.15) is 0 Å². The van der Waals surface area contributed by atoms with Crippen molar-refractivity contribution in [1.29, 1.82) is 0 Å². The highest BCUT2D eigenvalue weighted by atomic mass is 16.5. The van der Waals surface area contributed by atoms with E-state index in [4.69, 9.17) is 4.74 Å². The quantitative estimate of drug-likeness (QED) is 0.763. The third-order valence-corrected chi connectivity index (χ3v) is 4.67. The van der Waals surface area contributed by atoms with Crippen molar-refractivity contribution in [1.82, 2.24) is 9.80 Å². The molecule has 0 bridgehead atoms. The van der Waals surface area contributed by atoms with Gasteiger partial charge in [-0.25, -0.2) is 4.90 Å². The lowest BCUT2D eigenvalue weighted by Crippen LogP contribution is -2.51. The molecule has 1 aromatic carbocycles. The van der Waals surface area contributed by atoms with Gasteiger partial charge in [0.15, 0.2) is 0 Å². The van der Waals surface area contributed by atoms with Gasteiger partial charge in [0.05, 0.1) is 24.8 Å². The van der Waals surface area contributed by atoms with E-state index in [9.17, 15) is 9.59 Å². The van der Waals surface area contributed by atoms with Gasteiger partial charge in [-0.3, -0.25) is 14.5 Å². The second-order valence-electron chi connectivity index (χ2n) is 6.47. The number of likely N-dealkylation sites (N-methyl/N-ethyl adjacent to an activating group) is 1. The highest BCUT2D eigenvalue weighted by Gasteiger charge is 2.43. The fourth-order valence-electron chi connectivity index (χ4n) is 3.22. The van der Waals surface area contributed by atoms with Crippen LogP contribution < -0.4 is 9.64 Å². The van der Waals surface area contributed by atoms with Gasteiger partial charge in [0.2, 0.25) is 5.91 Å². The maximum atomic E-state index is 12.8. The first-order valence-corrected chi connectivity index (χ1v) is 8.62. The highest BCUT2D eigenvalue weighted by Crippen LogP contribution is 2.27. The van der Waals surface area contributed by atoms with Crippen molar-refractivity contribution in [3.63, 3.8) is 0 Å². The monoisotopic (exact) mass is 331 g/mol. The van der Waals surface area contributed by atoms with E-state index < -0.39 is 0 Å². The van der Waals surface area contributed by atoms with E-state index in [0.29, 0.717) is 12.3 Å². The van der Waals surface area contributed by atoms with Crippen molar-refractivity contribution in [2.45, 2.75) is 25.8 Å². The molecule has 0 aliphatic carbocycles. The van der Waals surface area contributed by atoms with E-state index >= 15 is 0 Å². The average Bonchev–Trinajstić information content (AvgIpc) is 2.89. The molecule has 0 N–H and O–H groups in total. The van der Waals surface area contributed by atoms with Crippen molar-refractivity contribution in [2.24, 2.45) is 0 Å². The van der Waals surface area contributed by atoms with Crippen LogP contribution in [0.1, 0.15) is 19.8 Å². The van der Waals surface area contributed by atoms with Crippen LogP contribution in [-0.4, -0.2) is 67.5 Å². The van der Waals surface area contributed by atoms with Crippen LogP contribution >= 0.6 is 0 Å². The summed E-state index contributed by atoms with van der Waals surface area (Å²) in [6, 6.07) is 6.88. The summed E-state index contributed by atoms with van der Waals surface area (Å²) < 4.78 is 5.55. The van der Waals surface area contributed by atoms with Crippen LogP contribution in [0.5, 0.6) is 5.75 Å². The van der Waals surface area contributed by atoms with E-state index in [1.165, 1.54) is 4.90 Å². The molecule has 2 fully saturated rings. The molecule has 2 heterocycles. The predicted molar refractivity (Wildman–Crippen MR) is 92.2 cm³/mol. The number of hydrogen-bond donors (Lipinski definition) is 0. The standard InChI is InChI=1S/C18H25N3O3/c1-3-12-24-15-6-4-14(5-7-15)21-17(22)13-16(18(21)23)20-10-8-19(2)9-11-20/h4-7,16H,3,8-13H2,1-2H3/t16-/m0/s1. The Hall–Kier alpha value is -1.92. The molecule has 130 valence electrons. The number of carbonyl (C=O) groups is 2. The van der Waals surface area contributed by atoms with Crippen molar-refractivity contribution >= 4 is 17.5 Å². The second-order valence-corrected chi connectivity index (χ2v) is 6.47. The van der Waals surface area contributed by atoms with Crippen LogP contribution in [0.4, 0.5) is 5.69 Å². The minimum Gasteiger partial charge on any atom is -0.494 e. The molecule has 0 aromatic heterocycles. The lowest BCUT2D eigenvalue weighted by atomic mass is 10.2. The number of nitrogens with zero attached hydrogens (tertiary/aromatic N) is 3. The molecular formula is C18H25N3O3. The SMILES string of the molecule is CCCOc1ccc(N2C(=O)C[C@H](N3CCN(C)CC3)C2=O)cc1. The number of carbonyl (C=O) groups excluding carboxylic acids is 2. The first kappa shape index (κ1) is 16.9. The molecule has 0 unspecified atom stereocenters. The van der Waals surface area contributed by atoms with E-state index in [1.807, 2.05) is 12.1 Å². The molecule has 0 spiro atoms. The largest absolute Gasteiger partial charge is 0.494 e. The van der Waals surface area contributed by atoms with E-state index in [-0.39, 0.29) is 24.3 Å². The summed E-state index contributed by atoms with van der Waals surface area (Å²) in [5, 5.41) is 0. The topological polar surface area (TPSA) is 53.1 Å². The number of rotatable bonds is 5. The Balaban J connectivity index is 1.70. The maximum absolute atomic E-state index is 12.8. The van der Waals surface area contributed by atoms with Gasteiger partial charge in [-0.15, -0.1) is 0 Å². The molecule has 2 aliphatic rings. The third kappa shape index (κ3) is 3.44. The first-order chi connectivity index (χ1) is 11.6. The molecule has 24 heavy (non-hydrogen) atoms. The number of imide groups is 1. The van der Waals surface area contributed by atoms with Crippen LogP contribution in [0.3, 0.4) is 0 Å². The normalized spacial score (nSPS) is 23.1. The summed E-state index contributed by atoms with van der Waals surface area (Å²) in [6.45, 7) is 6.24. The zero-order chi connectivity index (χ0) is 17.1. The molecule has 0 radical (unpaired) electrons. The fourth-order valence-corrected chi connectivity index (χ4v) is 3.22. The minimum atomic E-state index is -0.317. The molecule has 3 rings (SSSR count). The van der Waals surface area contributed by atoms with Gasteiger partial charge in [-0.05, 0) is 37.7 Å². The summed E-state index contributed by atoms with van der Waals surface area (Å²) in [5.74, 6) is 0.535. The Labute approximate surface area is 143 Å². The molecule has 6 heteroatoms. The Morgan fingerprint density at radius 1 is 1.08 bits per heavy atom. The third-order valence-electron chi connectivity index (χ3n) is 4.67. The van der Waals surface area contributed by atoms with Crippen molar-refractivity contribution in [3.05, 3.63) is 24.3 Å². The Morgan fingerprint density at radius 3 is 2.38 bits per heavy atom. The summed E-state index contributed by atoms with van der Waals surface area (Å²) >= 11 is 0. The fraction of sp³-hybridized carbons (Fsp3) is 0.556. The second kappa shape index (κ2) is 7.32. The number of amides is 2. The van der Waals surface area contributed by atoms with E-state index in [1.54, 1.807) is 12.1 Å². The lowest BCUT2D eigenvalue weighted by Gasteiger charge is -2.35. The molecule has 1 aromatic rings. The van der Waals surface area contributed by atoms with Crippen molar-refractivity contribution < 1.29 is 14.3 Å². The van der Waals surface area contributed by atoms with E-state index in [2.05, 4.69) is 23.8 Å². The Morgan fingerprint density at radius 2 is 1.75 bits per heavy atom. The smallest absolute Gasteiger partial charge is 0.251 e. The molecule has 6 nitrogen and oxygen atoms in total. The van der Waals surface area contributed by atoms with Crippen LogP contribution in [0.2, 0.25) is 0 Å². The maximum Gasteiger partial charge on any atom is 0.251 e. The number of anilines is 1. The molecule has 0 saturated carbocycles. The lowest BCUT2D eigenvalue weighted by molar-refractivity contribution is -0.123. The molecule has 2 aliphatic heterocycles.